The van der Waals surface area contributed by atoms with Gasteiger partial charge in [0.15, 0.2) is 0 Å². The standard InChI is InChI=1S/C15H22O4/c1-14-5-3-6-15(2,18)12(14)11-9(4-7-14)10(8-16)13(17)19-11/h11-12,16,18H,3-8H2,1-2H3/t11?,12?,14-,15+/m1/s1. The minimum atomic E-state index is -0.797. The summed E-state index contributed by atoms with van der Waals surface area (Å²) in [6, 6.07) is 0. The van der Waals surface area contributed by atoms with E-state index in [1.54, 1.807) is 0 Å². The Bertz CT molecular complexity index is 451. The van der Waals surface area contributed by atoms with Crippen molar-refractivity contribution >= 4 is 5.97 Å². The van der Waals surface area contributed by atoms with Gasteiger partial charge < -0.3 is 14.9 Å². The van der Waals surface area contributed by atoms with Crippen LogP contribution in [-0.2, 0) is 9.53 Å². The van der Waals surface area contributed by atoms with Gasteiger partial charge in [-0.25, -0.2) is 4.79 Å². The molecule has 19 heavy (non-hydrogen) atoms. The Morgan fingerprint density at radius 2 is 2.05 bits per heavy atom. The fourth-order valence-corrected chi connectivity index (χ4v) is 4.59. The monoisotopic (exact) mass is 266 g/mol. The fraction of sp³-hybridized carbons (Fsp3) is 0.800. The van der Waals surface area contributed by atoms with Crippen molar-refractivity contribution in [1.82, 2.24) is 0 Å². The maximum absolute atomic E-state index is 11.8. The highest BCUT2D eigenvalue weighted by molar-refractivity contribution is 5.92. The van der Waals surface area contributed by atoms with Gasteiger partial charge in [-0.1, -0.05) is 13.3 Å². The van der Waals surface area contributed by atoms with Gasteiger partial charge in [0, 0.05) is 5.92 Å². The molecule has 3 aliphatic rings. The van der Waals surface area contributed by atoms with Crippen LogP contribution in [0.25, 0.3) is 0 Å². The minimum absolute atomic E-state index is 0.0289. The van der Waals surface area contributed by atoms with Crippen molar-refractivity contribution in [3.8, 4) is 0 Å². The van der Waals surface area contributed by atoms with E-state index in [0.29, 0.717) is 5.57 Å². The first kappa shape index (κ1) is 13.1. The van der Waals surface area contributed by atoms with Crippen LogP contribution in [0.5, 0.6) is 0 Å². The third kappa shape index (κ3) is 1.77. The SMILES string of the molecule is C[C@]12CCC[C@](C)(O)C1C1OC(=O)C(CO)=C1CC2. The molecule has 0 spiro atoms. The zero-order chi connectivity index (χ0) is 13.8. The van der Waals surface area contributed by atoms with Crippen molar-refractivity contribution < 1.29 is 19.7 Å². The lowest BCUT2D eigenvalue weighted by Gasteiger charge is -2.54. The van der Waals surface area contributed by atoms with Gasteiger partial charge in [0.1, 0.15) is 6.10 Å². The number of hydrogen-bond donors (Lipinski definition) is 2. The maximum Gasteiger partial charge on any atom is 0.337 e. The topological polar surface area (TPSA) is 66.8 Å². The van der Waals surface area contributed by atoms with Gasteiger partial charge in [-0.05, 0) is 43.6 Å². The number of carbonyl (C=O) groups is 1. The van der Waals surface area contributed by atoms with Crippen molar-refractivity contribution in [1.29, 1.82) is 0 Å². The molecule has 2 saturated carbocycles. The largest absolute Gasteiger partial charge is 0.454 e. The van der Waals surface area contributed by atoms with Crippen LogP contribution in [0.15, 0.2) is 11.1 Å². The van der Waals surface area contributed by atoms with Gasteiger partial charge >= 0.3 is 5.97 Å². The summed E-state index contributed by atoms with van der Waals surface area (Å²) < 4.78 is 5.51. The molecular weight excluding hydrogens is 244 g/mol. The molecular formula is C15H22O4. The average molecular weight is 266 g/mol. The maximum atomic E-state index is 11.8. The second-order valence-electron chi connectivity index (χ2n) is 6.83. The molecule has 1 heterocycles. The van der Waals surface area contributed by atoms with Crippen molar-refractivity contribution in [2.45, 2.75) is 57.7 Å². The molecule has 2 N–H and O–H groups in total. The van der Waals surface area contributed by atoms with Crippen LogP contribution < -0.4 is 0 Å². The molecule has 0 radical (unpaired) electrons. The molecule has 2 fully saturated rings. The predicted molar refractivity (Wildman–Crippen MR) is 69.3 cm³/mol. The molecule has 0 aromatic heterocycles. The number of fused-ring (bicyclic) bond motifs is 3. The Hall–Kier alpha value is -0.870. The number of aliphatic hydroxyl groups is 2. The summed E-state index contributed by atoms with van der Waals surface area (Å²) in [5, 5.41) is 20.1. The van der Waals surface area contributed by atoms with E-state index in [4.69, 9.17) is 4.74 Å². The molecule has 1 aliphatic heterocycles. The molecule has 0 bridgehead atoms. The molecule has 106 valence electrons. The molecule has 3 rings (SSSR count). The van der Waals surface area contributed by atoms with E-state index in [-0.39, 0.29) is 24.0 Å². The Morgan fingerprint density at radius 3 is 2.74 bits per heavy atom. The molecule has 0 aromatic rings. The quantitative estimate of drug-likeness (QED) is 0.707. The summed E-state index contributed by atoms with van der Waals surface area (Å²) in [6.07, 6.45) is 4.28. The first-order chi connectivity index (χ1) is 8.89. The Labute approximate surface area is 113 Å². The number of ether oxygens (including phenoxy) is 1. The van der Waals surface area contributed by atoms with Gasteiger partial charge in [0.2, 0.25) is 0 Å². The summed E-state index contributed by atoms with van der Waals surface area (Å²) in [6.45, 7) is 3.81. The summed E-state index contributed by atoms with van der Waals surface area (Å²) in [5.74, 6) is -0.446. The molecule has 4 nitrogen and oxygen atoms in total. The number of rotatable bonds is 1. The second-order valence-corrected chi connectivity index (χ2v) is 6.83. The molecule has 0 saturated heterocycles. The van der Waals surface area contributed by atoms with Gasteiger partial charge in [0.05, 0.1) is 17.8 Å². The van der Waals surface area contributed by atoms with Crippen molar-refractivity contribution in [3.63, 3.8) is 0 Å². The van der Waals surface area contributed by atoms with Gasteiger partial charge in [-0.15, -0.1) is 0 Å². The van der Waals surface area contributed by atoms with Crippen molar-refractivity contribution in [2.75, 3.05) is 6.61 Å². The Morgan fingerprint density at radius 1 is 1.32 bits per heavy atom. The highest BCUT2D eigenvalue weighted by Gasteiger charge is 2.58. The fourth-order valence-electron chi connectivity index (χ4n) is 4.59. The molecule has 4 heteroatoms. The van der Waals surface area contributed by atoms with Crippen LogP contribution in [-0.4, -0.2) is 34.5 Å². The Kier molecular flexibility index (Phi) is 2.81. The van der Waals surface area contributed by atoms with Crippen LogP contribution in [0.3, 0.4) is 0 Å². The molecule has 0 aromatic carbocycles. The molecule has 2 aliphatic carbocycles. The first-order valence-corrected chi connectivity index (χ1v) is 7.15. The number of aliphatic hydroxyl groups excluding tert-OH is 1. The number of carbonyl (C=O) groups excluding carboxylic acids is 1. The van der Waals surface area contributed by atoms with E-state index >= 15 is 0 Å². The van der Waals surface area contributed by atoms with Crippen LogP contribution >= 0.6 is 0 Å². The lowest BCUT2D eigenvalue weighted by Crippen LogP contribution is -2.56. The smallest absolute Gasteiger partial charge is 0.337 e. The summed E-state index contributed by atoms with van der Waals surface area (Å²) in [4.78, 5) is 11.8. The first-order valence-electron chi connectivity index (χ1n) is 7.15. The van der Waals surface area contributed by atoms with Crippen LogP contribution in [0, 0.1) is 11.3 Å². The molecule has 2 unspecified atom stereocenters. The van der Waals surface area contributed by atoms with E-state index < -0.39 is 11.6 Å². The zero-order valence-corrected chi connectivity index (χ0v) is 11.6. The van der Waals surface area contributed by atoms with E-state index in [0.717, 1.165) is 37.7 Å². The van der Waals surface area contributed by atoms with Crippen LogP contribution in [0.2, 0.25) is 0 Å². The third-order valence-electron chi connectivity index (χ3n) is 5.49. The van der Waals surface area contributed by atoms with E-state index in [2.05, 4.69) is 6.92 Å². The Balaban J connectivity index is 2.04. The zero-order valence-electron chi connectivity index (χ0n) is 11.6. The lowest BCUT2D eigenvalue weighted by molar-refractivity contribution is -0.169. The van der Waals surface area contributed by atoms with Crippen LogP contribution in [0.1, 0.15) is 46.0 Å². The second kappa shape index (κ2) is 4.06. The summed E-state index contributed by atoms with van der Waals surface area (Å²) in [7, 11) is 0. The van der Waals surface area contributed by atoms with E-state index in [9.17, 15) is 15.0 Å². The van der Waals surface area contributed by atoms with Crippen LogP contribution in [0.4, 0.5) is 0 Å². The molecule has 4 atom stereocenters. The average Bonchev–Trinajstić information content (AvgIpc) is 2.62. The van der Waals surface area contributed by atoms with E-state index in [1.807, 2.05) is 6.92 Å². The van der Waals surface area contributed by atoms with Gasteiger partial charge in [-0.3, -0.25) is 0 Å². The summed E-state index contributed by atoms with van der Waals surface area (Å²) >= 11 is 0. The van der Waals surface area contributed by atoms with Gasteiger partial charge in [0.25, 0.3) is 0 Å². The van der Waals surface area contributed by atoms with Crippen molar-refractivity contribution in [2.24, 2.45) is 11.3 Å². The normalized spacial score (nSPS) is 45.8. The predicted octanol–water partition coefficient (Wildman–Crippen LogP) is 1.55. The van der Waals surface area contributed by atoms with E-state index in [1.165, 1.54) is 0 Å². The summed E-state index contributed by atoms with van der Waals surface area (Å²) in [5.41, 5.74) is 0.584. The minimum Gasteiger partial charge on any atom is -0.454 e. The lowest BCUT2D eigenvalue weighted by atomic mass is 9.53. The highest BCUT2D eigenvalue weighted by atomic mass is 16.6. The van der Waals surface area contributed by atoms with Gasteiger partial charge in [-0.2, -0.15) is 0 Å². The number of esters is 1. The van der Waals surface area contributed by atoms with Crippen molar-refractivity contribution in [3.05, 3.63) is 11.1 Å². The highest BCUT2D eigenvalue weighted by Crippen LogP contribution is 2.57. The number of hydrogen-bond acceptors (Lipinski definition) is 4. The molecule has 0 amide bonds. The third-order valence-corrected chi connectivity index (χ3v) is 5.49.